The van der Waals surface area contributed by atoms with Gasteiger partial charge in [-0.3, -0.25) is 13.9 Å². The third-order valence-corrected chi connectivity index (χ3v) is 3.03. The molecule has 20 heavy (non-hydrogen) atoms. The number of halogens is 1. The van der Waals surface area contributed by atoms with E-state index in [0.29, 0.717) is 12.3 Å². The van der Waals surface area contributed by atoms with E-state index < -0.39 is 5.82 Å². The van der Waals surface area contributed by atoms with Crippen molar-refractivity contribution in [2.45, 2.75) is 20.0 Å². The molecule has 0 radical (unpaired) electrons. The van der Waals surface area contributed by atoms with Crippen molar-refractivity contribution in [3.8, 4) is 5.75 Å². The highest BCUT2D eigenvalue weighted by Crippen LogP contribution is 2.20. The molecule has 0 atom stereocenters. The van der Waals surface area contributed by atoms with Gasteiger partial charge in [-0.2, -0.15) is 0 Å². The Morgan fingerprint density at radius 2 is 2.00 bits per heavy atom. The molecule has 106 valence electrons. The summed E-state index contributed by atoms with van der Waals surface area (Å²) in [6, 6.07) is 3.72. The number of nitrogens with zero attached hydrogens (tertiary/aromatic N) is 2. The van der Waals surface area contributed by atoms with Crippen LogP contribution < -0.4 is 10.4 Å². The summed E-state index contributed by atoms with van der Waals surface area (Å²) in [5.74, 6) is -0.607. The summed E-state index contributed by atoms with van der Waals surface area (Å²) >= 11 is 0. The Morgan fingerprint density at radius 3 is 2.60 bits per heavy atom. The van der Waals surface area contributed by atoms with Crippen molar-refractivity contribution in [1.29, 1.82) is 0 Å². The predicted octanol–water partition coefficient (Wildman–Crippen LogP) is 1.70. The average Bonchev–Trinajstić information content (AvgIpc) is 2.79. The first kappa shape index (κ1) is 14.0. The van der Waals surface area contributed by atoms with Gasteiger partial charge in [0.15, 0.2) is 5.78 Å². The minimum Gasteiger partial charge on any atom is -0.496 e. The number of aromatic nitrogens is 2. The lowest BCUT2D eigenvalue weighted by atomic mass is 10.1. The predicted molar refractivity (Wildman–Crippen MR) is 71.6 cm³/mol. The zero-order valence-electron chi connectivity index (χ0n) is 11.3. The van der Waals surface area contributed by atoms with Crippen LogP contribution in [0.4, 0.5) is 4.39 Å². The smallest absolute Gasteiger partial charge is 0.328 e. The molecule has 0 aliphatic heterocycles. The molecule has 0 fully saturated rings. The van der Waals surface area contributed by atoms with Crippen LogP contribution in [-0.2, 0) is 13.1 Å². The molecule has 0 saturated heterocycles. The Labute approximate surface area is 115 Å². The molecule has 5 nitrogen and oxygen atoms in total. The van der Waals surface area contributed by atoms with Crippen LogP contribution in [0.2, 0.25) is 0 Å². The van der Waals surface area contributed by atoms with Crippen molar-refractivity contribution >= 4 is 5.78 Å². The van der Waals surface area contributed by atoms with Gasteiger partial charge in [0.05, 0.1) is 19.2 Å². The fraction of sp³-hybridized carbons (Fsp3) is 0.286. The van der Waals surface area contributed by atoms with Crippen molar-refractivity contribution in [1.82, 2.24) is 9.13 Å². The van der Waals surface area contributed by atoms with Crippen LogP contribution in [0.5, 0.6) is 5.75 Å². The molecule has 0 bridgehead atoms. The molecular formula is C14H15FN2O3. The second-order valence-electron chi connectivity index (χ2n) is 4.26. The number of aryl methyl sites for hydroxylation is 1. The van der Waals surface area contributed by atoms with Crippen molar-refractivity contribution in [2.75, 3.05) is 7.11 Å². The fourth-order valence-corrected chi connectivity index (χ4v) is 1.95. The summed E-state index contributed by atoms with van der Waals surface area (Å²) in [6.07, 6.45) is 3.15. The zero-order valence-corrected chi connectivity index (χ0v) is 11.3. The Kier molecular flexibility index (Phi) is 4.02. The lowest BCUT2D eigenvalue weighted by Gasteiger charge is -2.07. The molecule has 0 aliphatic rings. The first-order valence-electron chi connectivity index (χ1n) is 6.19. The van der Waals surface area contributed by atoms with Crippen molar-refractivity contribution in [3.05, 3.63) is 52.5 Å². The van der Waals surface area contributed by atoms with Gasteiger partial charge < -0.3 is 4.74 Å². The van der Waals surface area contributed by atoms with Gasteiger partial charge in [-0.25, -0.2) is 9.18 Å². The Bertz CT molecular complexity index is 688. The second kappa shape index (κ2) is 5.73. The summed E-state index contributed by atoms with van der Waals surface area (Å²) < 4.78 is 21.0. The third kappa shape index (κ3) is 2.64. The molecule has 2 aromatic rings. The topological polar surface area (TPSA) is 53.2 Å². The fourth-order valence-electron chi connectivity index (χ4n) is 1.95. The van der Waals surface area contributed by atoms with Gasteiger partial charge in [0, 0.05) is 18.9 Å². The molecule has 1 heterocycles. The van der Waals surface area contributed by atoms with E-state index in [0.717, 1.165) is 6.07 Å². The highest BCUT2D eigenvalue weighted by molar-refractivity contribution is 5.98. The van der Waals surface area contributed by atoms with Gasteiger partial charge in [-0.1, -0.05) is 0 Å². The number of carbonyl (C=O) groups is 1. The normalized spacial score (nSPS) is 10.6. The van der Waals surface area contributed by atoms with E-state index in [1.54, 1.807) is 6.20 Å². The lowest BCUT2D eigenvalue weighted by molar-refractivity contribution is 0.0967. The Hall–Kier alpha value is -2.37. The molecule has 0 amide bonds. The van der Waals surface area contributed by atoms with Gasteiger partial charge >= 0.3 is 5.69 Å². The molecule has 0 N–H and O–H groups in total. The monoisotopic (exact) mass is 278 g/mol. The van der Waals surface area contributed by atoms with Crippen LogP contribution in [0.1, 0.15) is 17.3 Å². The Morgan fingerprint density at radius 1 is 1.30 bits per heavy atom. The van der Waals surface area contributed by atoms with Gasteiger partial charge in [-0.15, -0.1) is 0 Å². The lowest BCUT2D eigenvalue weighted by Crippen LogP contribution is -2.26. The highest BCUT2D eigenvalue weighted by Gasteiger charge is 2.15. The van der Waals surface area contributed by atoms with E-state index in [1.165, 1.54) is 34.6 Å². The molecular weight excluding hydrogens is 263 g/mol. The maximum atomic E-state index is 13.2. The number of hydrogen-bond acceptors (Lipinski definition) is 3. The van der Waals surface area contributed by atoms with Crippen molar-refractivity contribution in [3.63, 3.8) is 0 Å². The summed E-state index contributed by atoms with van der Waals surface area (Å²) in [4.78, 5) is 24.0. The number of hydrogen-bond donors (Lipinski definition) is 0. The van der Waals surface area contributed by atoms with Crippen molar-refractivity contribution < 1.29 is 13.9 Å². The third-order valence-electron chi connectivity index (χ3n) is 3.03. The largest absolute Gasteiger partial charge is 0.496 e. The number of benzene rings is 1. The minimum atomic E-state index is -0.521. The number of ketones is 1. The maximum absolute atomic E-state index is 13.2. The molecule has 0 unspecified atom stereocenters. The molecule has 0 saturated carbocycles. The molecule has 0 aliphatic carbocycles. The van der Waals surface area contributed by atoms with Gasteiger partial charge in [-0.05, 0) is 25.1 Å². The van der Waals surface area contributed by atoms with Crippen molar-refractivity contribution in [2.24, 2.45) is 0 Å². The summed E-state index contributed by atoms with van der Waals surface area (Å²) in [6.45, 7) is 2.22. The molecule has 0 spiro atoms. The van der Waals surface area contributed by atoms with Crippen LogP contribution in [0, 0.1) is 5.82 Å². The maximum Gasteiger partial charge on any atom is 0.328 e. The average molecular weight is 278 g/mol. The minimum absolute atomic E-state index is 0.128. The zero-order chi connectivity index (χ0) is 14.7. The number of Topliss-reactive ketones (excluding diaryl/α,β-unsaturated/α-hetero) is 1. The molecule has 2 rings (SSSR count). The number of ether oxygens (including phenoxy) is 1. The standard InChI is InChI=1S/C14H15FN2O3/c1-3-16-6-7-17(14(16)19)9-12(18)11-8-10(15)4-5-13(11)20-2/h4-8H,3,9H2,1-2H3. The van der Waals surface area contributed by atoms with E-state index in [-0.39, 0.29) is 23.6 Å². The number of methoxy groups -OCH3 is 1. The van der Waals surface area contributed by atoms with Crippen LogP contribution in [0.3, 0.4) is 0 Å². The van der Waals surface area contributed by atoms with E-state index in [1.807, 2.05) is 6.92 Å². The van der Waals surface area contributed by atoms with E-state index in [4.69, 9.17) is 4.74 Å². The van der Waals surface area contributed by atoms with Crippen LogP contribution >= 0.6 is 0 Å². The number of imidazole rings is 1. The number of carbonyl (C=O) groups excluding carboxylic acids is 1. The molecule has 1 aromatic heterocycles. The van der Waals surface area contributed by atoms with E-state index in [9.17, 15) is 14.0 Å². The summed E-state index contributed by atoms with van der Waals surface area (Å²) in [5.41, 5.74) is -0.139. The molecule has 1 aromatic carbocycles. The van der Waals surface area contributed by atoms with Crippen LogP contribution in [0.25, 0.3) is 0 Å². The van der Waals surface area contributed by atoms with E-state index in [2.05, 4.69) is 0 Å². The summed E-state index contributed by atoms with van der Waals surface area (Å²) in [5, 5.41) is 0. The first-order valence-corrected chi connectivity index (χ1v) is 6.19. The number of rotatable bonds is 5. The SMILES string of the molecule is CCn1ccn(CC(=O)c2cc(F)ccc2OC)c1=O. The molecule has 6 heteroatoms. The van der Waals surface area contributed by atoms with Gasteiger partial charge in [0.1, 0.15) is 11.6 Å². The van der Waals surface area contributed by atoms with Gasteiger partial charge in [0.25, 0.3) is 0 Å². The van der Waals surface area contributed by atoms with E-state index >= 15 is 0 Å². The highest BCUT2D eigenvalue weighted by atomic mass is 19.1. The van der Waals surface area contributed by atoms with Crippen LogP contribution in [-0.4, -0.2) is 22.0 Å². The second-order valence-corrected chi connectivity index (χ2v) is 4.26. The summed E-state index contributed by atoms with van der Waals surface area (Å²) in [7, 11) is 1.41. The quantitative estimate of drug-likeness (QED) is 0.782. The van der Waals surface area contributed by atoms with Crippen LogP contribution in [0.15, 0.2) is 35.4 Å². The first-order chi connectivity index (χ1) is 9.56. The Balaban J connectivity index is 2.30. The van der Waals surface area contributed by atoms with Gasteiger partial charge in [0.2, 0.25) is 0 Å².